The first kappa shape index (κ1) is 40.2. The van der Waals surface area contributed by atoms with Crippen LogP contribution in [0, 0.1) is 24.7 Å². The van der Waals surface area contributed by atoms with Crippen LogP contribution in [-0.2, 0) is 33.4 Å². The first-order valence-electron chi connectivity index (χ1n) is 18.4. The van der Waals surface area contributed by atoms with Crippen LogP contribution in [0.1, 0.15) is 63.2 Å². The van der Waals surface area contributed by atoms with Crippen LogP contribution < -0.4 is 10.2 Å². The van der Waals surface area contributed by atoms with Gasteiger partial charge in [-0.2, -0.15) is 0 Å². The zero-order valence-electron chi connectivity index (χ0n) is 31.0. The molecule has 0 unspecified atom stereocenters. The number of aliphatic hydroxyl groups is 1. The molecule has 1 spiro atoms. The Bertz CT molecular complexity index is 1650. The Hall–Kier alpha value is -4.03. The Kier molecular flexibility index (Phi) is 13.2. The van der Waals surface area contributed by atoms with Crippen molar-refractivity contribution in [3.8, 4) is 0 Å². The maximum atomic E-state index is 15.1. The van der Waals surface area contributed by atoms with E-state index in [1.165, 1.54) is 16.9 Å². The Labute approximate surface area is 317 Å². The third-order valence-corrected chi connectivity index (χ3v) is 10.9. The molecule has 11 nitrogen and oxygen atoms in total. The summed E-state index contributed by atoms with van der Waals surface area (Å²) in [5.41, 5.74) is 0.509. The van der Waals surface area contributed by atoms with Gasteiger partial charge in [0.25, 0.3) is 5.91 Å². The van der Waals surface area contributed by atoms with Gasteiger partial charge in [-0.3, -0.25) is 19.2 Å². The van der Waals surface area contributed by atoms with Crippen LogP contribution >= 0.6 is 11.6 Å². The second-order valence-corrected chi connectivity index (χ2v) is 15.0. The number of fused-ring (bicyclic) bond motifs is 1. The quantitative estimate of drug-likeness (QED) is 0.154. The number of halogens is 1. The van der Waals surface area contributed by atoms with Gasteiger partial charge >= 0.3 is 5.97 Å². The number of hydrogen-bond acceptors (Lipinski definition) is 8. The molecule has 286 valence electrons. The number of carbonyl (C=O) groups is 4. The van der Waals surface area contributed by atoms with Gasteiger partial charge in [-0.1, -0.05) is 80.1 Å². The van der Waals surface area contributed by atoms with E-state index in [0.29, 0.717) is 42.0 Å². The number of aryl methyl sites for hydroxylation is 1. The molecule has 3 amide bonds. The minimum Gasteiger partial charge on any atom is -0.455 e. The minimum absolute atomic E-state index is 0.0436. The summed E-state index contributed by atoms with van der Waals surface area (Å²) in [7, 11) is 1.50. The molecule has 53 heavy (non-hydrogen) atoms. The van der Waals surface area contributed by atoms with Crippen LogP contribution in [0.15, 0.2) is 73.8 Å². The molecule has 2 bridgehead atoms. The summed E-state index contributed by atoms with van der Waals surface area (Å²) in [4.78, 5) is 60.5. The standard InChI is InChI=1S/C41H52ClN3O8/c1-7-9-18-32(47)43-30(24-51-6)36(27-15-11-10-12-16-27)52-40(50)33-31-19-20-41(53-31)34(33)38(48)45(28(23-46)22-25(3)4)37(41)39(49)44(21-8-2)35-26(5)14-13-17-29(35)42/h7-8,10-17,25,28,30-31,33-34,36-37,46H,1-2,9,18-24H2,3-6H3,(H,43,47)/t28-,30-,31+,33-,34-,36-,37+,41-/m1/s1. The maximum absolute atomic E-state index is 15.1. The molecule has 2 N–H and O–H groups in total. The Morgan fingerprint density at radius 3 is 2.51 bits per heavy atom. The molecular formula is C41H52ClN3O8. The third-order valence-electron chi connectivity index (χ3n) is 10.6. The van der Waals surface area contributed by atoms with Crippen LogP contribution in [-0.4, -0.2) is 90.4 Å². The molecule has 5 rings (SSSR count). The number of nitrogens with zero attached hydrogens (tertiary/aromatic N) is 2. The number of nitrogens with one attached hydrogen (secondary N) is 1. The SMILES string of the molecule is C=CCCC(=O)N[C@H](COC)[C@H](OC(=O)[C@@H]1[C@@H]2CC[C@]3(O2)[C@H](C(=O)N(CC=C)c2c(C)cccc2Cl)N([C@@H](CO)CC(C)C)C(=O)[C@@H]13)c1ccccc1. The highest BCUT2D eigenvalue weighted by Crippen LogP contribution is 2.60. The van der Waals surface area contributed by atoms with Gasteiger partial charge in [0.15, 0.2) is 0 Å². The lowest BCUT2D eigenvalue weighted by atomic mass is 9.70. The fraction of sp³-hybridized carbons (Fsp3) is 0.512. The lowest BCUT2D eigenvalue weighted by Gasteiger charge is -2.40. The molecule has 8 atom stereocenters. The summed E-state index contributed by atoms with van der Waals surface area (Å²) in [6.07, 6.45) is 3.43. The Balaban J connectivity index is 1.56. The number of esters is 1. The molecule has 0 aromatic heterocycles. The molecule has 0 saturated carbocycles. The van der Waals surface area contributed by atoms with Gasteiger partial charge in [0, 0.05) is 20.1 Å². The smallest absolute Gasteiger partial charge is 0.313 e. The molecular weight excluding hydrogens is 698 g/mol. The van der Waals surface area contributed by atoms with Crippen molar-refractivity contribution in [3.05, 3.63) is 90.0 Å². The maximum Gasteiger partial charge on any atom is 0.313 e. The second-order valence-electron chi connectivity index (χ2n) is 14.6. The molecule has 2 aromatic rings. The molecule has 3 aliphatic heterocycles. The van der Waals surface area contributed by atoms with Crippen LogP contribution in [0.4, 0.5) is 5.69 Å². The summed E-state index contributed by atoms with van der Waals surface area (Å²) in [6.45, 7) is 13.2. The molecule has 2 aromatic carbocycles. The number of amides is 3. The number of para-hydroxylation sites is 1. The predicted molar refractivity (Wildman–Crippen MR) is 202 cm³/mol. The number of aliphatic hydroxyl groups excluding tert-OH is 1. The van der Waals surface area contributed by atoms with E-state index in [0.717, 1.165) is 5.56 Å². The van der Waals surface area contributed by atoms with Crippen molar-refractivity contribution in [1.29, 1.82) is 0 Å². The lowest BCUT2D eigenvalue weighted by molar-refractivity contribution is -0.163. The number of carbonyl (C=O) groups excluding carboxylic acids is 4. The average molecular weight is 750 g/mol. The van der Waals surface area contributed by atoms with Crippen LogP contribution in [0.25, 0.3) is 0 Å². The summed E-state index contributed by atoms with van der Waals surface area (Å²) in [5.74, 6) is -3.83. The fourth-order valence-corrected chi connectivity index (χ4v) is 8.83. The zero-order chi connectivity index (χ0) is 38.4. The molecule has 3 saturated heterocycles. The van der Waals surface area contributed by atoms with E-state index in [1.54, 1.807) is 36.4 Å². The highest BCUT2D eigenvalue weighted by molar-refractivity contribution is 6.34. The first-order chi connectivity index (χ1) is 25.4. The summed E-state index contributed by atoms with van der Waals surface area (Å²) < 4.78 is 18.5. The summed E-state index contributed by atoms with van der Waals surface area (Å²) >= 11 is 6.71. The predicted octanol–water partition coefficient (Wildman–Crippen LogP) is 5.33. The number of methoxy groups -OCH3 is 1. The average Bonchev–Trinajstić information content (AvgIpc) is 3.78. The summed E-state index contributed by atoms with van der Waals surface area (Å²) in [6, 6.07) is 11.8. The Morgan fingerprint density at radius 2 is 1.89 bits per heavy atom. The van der Waals surface area contributed by atoms with E-state index < -0.39 is 65.6 Å². The highest BCUT2D eigenvalue weighted by atomic mass is 35.5. The van der Waals surface area contributed by atoms with Gasteiger partial charge in [-0.25, -0.2) is 0 Å². The second kappa shape index (κ2) is 17.4. The molecule has 0 aliphatic carbocycles. The van der Waals surface area contributed by atoms with Gasteiger partial charge in [-0.15, -0.1) is 13.2 Å². The third kappa shape index (κ3) is 7.94. The first-order valence-corrected chi connectivity index (χ1v) is 18.7. The van der Waals surface area contributed by atoms with Crippen molar-refractivity contribution in [2.45, 2.75) is 88.8 Å². The van der Waals surface area contributed by atoms with Gasteiger partial charge in [0.2, 0.25) is 11.8 Å². The Morgan fingerprint density at radius 1 is 1.15 bits per heavy atom. The molecule has 3 aliphatic rings. The summed E-state index contributed by atoms with van der Waals surface area (Å²) in [5, 5.41) is 14.1. The van der Waals surface area contributed by atoms with Crippen molar-refractivity contribution in [3.63, 3.8) is 0 Å². The molecule has 3 heterocycles. The van der Waals surface area contributed by atoms with Crippen molar-refractivity contribution in [2.75, 3.05) is 31.8 Å². The van der Waals surface area contributed by atoms with E-state index in [1.807, 2.05) is 45.0 Å². The highest BCUT2D eigenvalue weighted by Gasteiger charge is 2.76. The number of benzene rings is 2. The van der Waals surface area contributed by atoms with Crippen molar-refractivity contribution < 1.29 is 38.5 Å². The number of hydrogen-bond donors (Lipinski definition) is 2. The van der Waals surface area contributed by atoms with E-state index >= 15 is 4.79 Å². The van der Waals surface area contributed by atoms with Crippen LogP contribution in [0.5, 0.6) is 0 Å². The van der Waals surface area contributed by atoms with E-state index in [4.69, 9.17) is 25.8 Å². The largest absolute Gasteiger partial charge is 0.455 e. The number of ether oxygens (including phenoxy) is 3. The fourth-order valence-electron chi connectivity index (χ4n) is 8.51. The van der Waals surface area contributed by atoms with E-state index in [2.05, 4.69) is 18.5 Å². The number of likely N-dealkylation sites (tertiary alicyclic amines) is 1. The number of allylic oxidation sites excluding steroid dienone is 1. The minimum atomic E-state index is -1.37. The topological polar surface area (TPSA) is 135 Å². The number of rotatable bonds is 18. The van der Waals surface area contributed by atoms with E-state index in [-0.39, 0.29) is 38.0 Å². The lowest BCUT2D eigenvalue weighted by Crippen LogP contribution is -2.59. The normalized spacial score (nSPS) is 24.7. The van der Waals surface area contributed by atoms with Crippen molar-refractivity contribution >= 4 is 41.0 Å². The van der Waals surface area contributed by atoms with Gasteiger partial charge in [0.05, 0.1) is 53.9 Å². The van der Waals surface area contributed by atoms with Crippen molar-refractivity contribution in [2.24, 2.45) is 17.8 Å². The van der Waals surface area contributed by atoms with Crippen LogP contribution in [0.2, 0.25) is 5.02 Å². The van der Waals surface area contributed by atoms with Crippen molar-refractivity contribution in [1.82, 2.24) is 10.2 Å². The molecule has 12 heteroatoms. The monoisotopic (exact) mass is 749 g/mol. The zero-order valence-corrected chi connectivity index (χ0v) is 31.8. The number of anilines is 1. The van der Waals surface area contributed by atoms with Gasteiger partial charge in [0.1, 0.15) is 17.7 Å². The molecule has 3 fully saturated rings. The van der Waals surface area contributed by atoms with Gasteiger partial charge in [-0.05, 0) is 55.7 Å². The molecule has 0 radical (unpaired) electrons. The van der Waals surface area contributed by atoms with Gasteiger partial charge < -0.3 is 34.4 Å². The van der Waals surface area contributed by atoms with Crippen LogP contribution in [0.3, 0.4) is 0 Å². The van der Waals surface area contributed by atoms with E-state index in [9.17, 15) is 19.5 Å².